The van der Waals surface area contributed by atoms with Crippen molar-refractivity contribution in [2.45, 2.75) is 69.7 Å². The first-order valence-electron chi connectivity index (χ1n) is 9.16. The van der Waals surface area contributed by atoms with Gasteiger partial charge in [0.2, 0.25) is 0 Å². The second-order valence-corrected chi connectivity index (χ2v) is 10.9. The Balaban J connectivity index is 0.00000312. The Labute approximate surface area is 170 Å². The molecule has 1 unspecified atom stereocenters. The largest absolute Gasteiger partial charge is 0.355 e. The molecule has 148 valence electrons. The van der Waals surface area contributed by atoms with Gasteiger partial charge in [-0.25, -0.2) is 8.42 Å². The number of halogens is 1. The fourth-order valence-corrected chi connectivity index (χ4v) is 4.49. The molecule has 1 heterocycles. The molecule has 0 radical (unpaired) electrons. The molecule has 0 aromatic heterocycles. The maximum Gasteiger partial charge on any atom is 0.191 e. The second kappa shape index (κ2) is 9.73. The van der Waals surface area contributed by atoms with Gasteiger partial charge in [-0.1, -0.05) is 12.8 Å². The summed E-state index contributed by atoms with van der Waals surface area (Å²) in [6.07, 6.45) is 6.53. The van der Waals surface area contributed by atoms with Gasteiger partial charge in [0, 0.05) is 38.8 Å². The third kappa shape index (κ3) is 6.53. The van der Waals surface area contributed by atoms with Gasteiger partial charge >= 0.3 is 0 Å². The first-order valence-corrected chi connectivity index (χ1v) is 10.8. The predicted octanol–water partition coefficient (Wildman–Crippen LogP) is 2.00. The highest BCUT2D eigenvalue weighted by molar-refractivity contribution is 14.0. The molecule has 2 N–H and O–H groups in total. The first-order chi connectivity index (χ1) is 11.2. The van der Waals surface area contributed by atoms with Crippen molar-refractivity contribution in [1.82, 2.24) is 15.5 Å². The SMILES string of the molecule is CN=C(NCCS(=O)(=O)C(C)(C)C)NC1CCN(C2CCCC2)C1.I. The number of aliphatic imine (C=N–C) groups is 1. The van der Waals surface area contributed by atoms with Crippen LogP contribution in [0.1, 0.15) is 52.9 Å². The summed E-state index contributed by atoms with van der Waals surface area (Å²) in [5.74, 6) is 0.827. The Morgan fingerprint density at radius 3 is 2.40 bits per heavy atom. The number of rotatable bonds is 5. The van der Waals surface area contributed by atoms with E-state index in [1.165, 1.54) is 25.7 Å². The summed E-state index contributed by atoms with van der Waals surface area (Å²) in [5.41, 5.74) is 0. The van der Waals surface area contributed by atoms with Gasteiger partial charge in [-0.2, -0.15) is 0 Å². The molecule has 6 nitrogen and oxygen atoms in total. The van der Waals surface area contributed by atoms with Crippen LogP contribution in [-0.2, 0) is 9.84 Å². The van der Waals surface area contributed by atoms with Gasteiger partial charge in [-0.3, -0.25) is 9.89 Å². The molecule has 2 aliphatic rings. The molecule has 1 saturated heterocycles. The third-order valence-electron chi connectivity index (χ3n) is 5.22. The maximum absolute atomic E-state index is 12.1. The van der Waals surface area contributed by atoms with Crippen molar-refractivity contribution < 1.29 is 8.42 Å². The summed E-state index contributed by atoms with van der Waals surface area (Å²) in [4.78, 5) is 6.84. The zero-order chi connectivity index (χ0) is 17.8. The Morgan fingerprint density at radius 1 is 1.20 bits per heavy atom. The molecular formula is C17H35IN4O2S. The zero-order valence-corrected chi connectivity index (χ0v) is 19.2. The molecule has 1 saturated carbocycles. The minimum Gasteiger partial charge on any atom is -0.355 e. The minimum absolute atomic E-state index is 0. The summed E-state index contributed by atoms with van der Waals surface area (Å²) >= 11 is 0. The lowest BCUT2D eigenvalue weighted by Gasteiger charge is -2.24. The number of guanidine groups is 1. The standard InChI is InChI=1S/C17H34N4O2S.HI/c1-17(2,3)24(22,23)12-10-19-16(18-4)20-14-9-11-21(13-14)15-7-5-6-8-15;/h14-15H,5-13H2,1-4H3,(H2,18,19,20);1H. The molecule has 0 aromatic rings. The molecule has 0 spiro atoms. The van der Waals surface area contributed by atoms with E-state index in [1.807, 2.05) is 0 Å². The van der Waals surface area contributed by atoms with Crippen molar-refractivity contribution in [3.8, 4) is 0 Å². The summed E-state index contributed by atoms with van der Waals surface area (Å²) in [7, 11) is -1.37. The van der Waals surface area contributed by atoms with Gasteiger partial charge in [0.1, 0.15) is 0 Å². The van der Waals surface area contributed by atoms with Crippen molar-refractivity contribution in [2.75, 3.05) is 32.4 Å². The number of likely N-dealkylation sites (tertiary alicyclic amines) is 1. The third-order valence-corrected chi connectivity index (χ3v) is 7.83. The topological polar surface area (TPSA) is 73.8 Å². The second-order valence-electron chi connectivity index (χ2n) is 7.99. The Kier molecular flexibility index (Phi) is 8.93. The van der Waals surface area contributed by atoms with Crippen LogP contribution < -0.4 is 10.6 Å². The van der Waals surface area contributed by atoms with Crippen LogP contribution in [0, 0.1) is 0 Å². The van der Waals surface area contributed by atoms with E-state index in [4.69, 9.17) is 0 Å². The van der Waals surface area contributed by atoms with E-state index in [1.54, 1.807) is 27.8 Å². The van der Waals surface area contributed by atoms with Gasteiger partial charge in [0.05, 0.1) is 10.5 Å². The van der Waals surface area contributed by atoms with Crippen LogP contribution in [0.2, 0.25) is 0 Å². The van der Waals surface area contributed by atoms with Crippen LogP contribution in [-0.4, -0.2) is 68.5 Å². The van der Waals surface area contributed by atoms with E-state index >= 15 is 0 Å². The number of nitrogens with zero attached hydrogens (tertiary/aromatic N) is 2. The monoisotopic (exact) mass is 486 g/mol. The fraction of sp³-hybridized carbons (Fsp3) is 0.941. The highest BCUT2D eigenvalue weighted by Crippen LogP contribution is 2.26. The molecule has 0 amide bonds. The van der Waals surface area contributed by atoms with Gasteiger partial charge in [0.25, 0.3) is 0 Å². The molecule has 1 aliphatic carbocycles. The van der Waals surface area contributed by atoms with Crippen molar-refractivity contribution >= 4 is 39.8 Å². The van der Waals surface area contributed by atoms with Crippen LogP contribution in [0.25, 0.3) is 0 Å². The van der Waals surface area contributed by atoms with E-state index in [0.717, 1.165) is 25.6 Å². The van der Waals surface area contributed by atoms with Gasteiger partial charge in [-0.05, 0) is 40.0 Å². The molecule has 8 heteroatoms. The quantitative estimate of drug-likeness (QED) is 0.354. The van der Waals surface area contributed by atoms with E-state index in [2.05, 4.69) is 20.5 Å². The fourth-order valence-electron chi connectivity index (χ4n) is 3.50. The Bertz CT molecular complexity index is 539. The van der Waals surface area contributed by atoms with Crippen LogP contribution in [0.4, 0.5) is 0 Å². The van der Waals surface area contributed by atoms with Crippen molar-refractivity contribution in [2.24, 2.45) is 4.99 Å². The lowest BCUT2D eigenvalue weighted by molar-refractivity contribution is 0.242. The molecule has 25 heavy (non-hydrogen) atoms. The Hall–Kier alpha value is -0.0900. The summed E-state index contributed by atoms with van der Waals surface area (Å²) in [5, 5.41) is 6.60. The molecule has 0 bridgehead atoms. The van der Waals surface area contributed by atoms with E-state index in [9.17, 15) is 8.42 Å². The molecule has 1 atom stereocenters. The molecule has 2 fully saturated rings. The van der Waals surface area contributed by atoms with Crippen molar-refractivity contribution in [3.05, 3.63) is 0 Å². The average molecular weight is 486 g/mol. The predicted molar refractivity (Wildman–Crippen MR) is 116 cm³/mol. The lowest BCUT2D eigenvalue weighted by atomic mass is 10.2. The maximum atomic E-state index is 12.1. The van der Waals surface area contributed by atoms with E-state index in [-0.39, 0.29) is 29.7 Å². The van der Waals surface area contributed by atoms with Crippen molar-refractivity contribution in [3.63, 3.8) is 0 Å². The molecular weight excluding hydrogens is 451 g/mol. The molecule has 2 rings (SSSR count). The van der Waals surface area contributed by atoms with Crippen LogP contribution in [0.5, 0.6) is 0 Å². The average Bonchev–Trinajstić information content (AvgIpc) is 3.15. The summed E-state index contributed by atoms with van der Waals surface area (Å²) < 4.78 is 23.6. The highest BCUT2D eigenvalue weighted by atomic mass is 127. The number of sulfone groups is 1. The molecule has 0 aromatic carbocycles. The highest BCUT2D eigenvalue weighted by Gasteiger charge is 2.31. The minimum atomic E-state index is -3.10. The lowest BCUT2D eigenvalue weighted by Crippen LogP contribution is -2.47. The normalized spacial score (nSPS) is 23.5. The van der Waals surface area contributed by atoms with E-state index in [0.29, 0.717) is 18.5 Å². The zero-order valence-electron chi connectivity index (χ0n) is 16.0. The van der Waals surface area contributed by atoms with Gasteiger partial charge < -0.3 is 10.6 Å². The van der Waals surface area contributed by atoms with Gasteiger partial charge in [-0.15, -0.1) is 24.0 Å². The number of hydrogen-bond acceptors (Lipinski definition) is 4. The smallest absolute Gasteiger partial charge is 0.191 e. The van der Waals surface area contributed by atoms with Crippen LogP contribution in [0.3, 0.4) is 0 Å². The summed E-state index contributed by atoms with van der Waals surface area (Å²) in [6.45, 7) is 7.82. The molecule has 1 aliphatic heterocycles. The summed E-state index contributed by atoms with van der Waals surface area (Å²) in [6, 6.07) is 1.17. The van der Waals surface area contributed by atoms with Crippen molar-refractivity contribution in [1.29, 1.82) is 0 Å². The van der Waals surface area contributed by atoms with Crippen LogP contribution >= 0.6 is 24.0 Å². The first kappa shape index (κ1) is 23.0. The Morgan fingerprint density at radius 2 is 1.84 bits per heavy atom. The van der Waals surface area contributed by atoms with E-state index < -0.39 is 14.6 Å². The van der Waals surface area contributed by atoms with Crippen LogP contribution in [0.15, 0.2) is 4.99 Å². The number of nitrogens with one attached hydrogen (secondary N) is 2. The number of hydrogen-bond donors (Lipinski definition) is 2. The van der Waals surface area contributed by atoms with Gasteiger partial charge in [0.15, 0.2) is 15.8 Å².